The maximum Gasteiger partial charge on any atom is 0.238 e. The van der Waals surface area contributed by atoms with Crippen LogP contribution in [0.15, 0.2) is 22.7 Å². The van der Waals surface area contributed by atoms with Crippen LogP contribution in [0.5, 0.6) is 0 Å². The van der Waals surface area contributed by atoms with E-state index in [1.165, 1.54) is 0 Å². The largest absolute Gasteiger partial charge is 0.326 e. The van der Waals surface area contributed by atoms with Gasteiger partial charge >= 0.3 is 0 Å². The van der Waals surface area contributed by atoms with Crippen molar-refractivity contribution in [2.45, 2.75) is 19.4 Å². The molecular weight excluding hydrogens is 294 g/mol. The Hall–Kier alpha value is -0.910. The van der Waals surface area contributed by atoms with Crippen LogP contribution in [0.4, 0.5) is 5.69 Å². The lowest BCUT2D eigenvalue weighted by atomic mass is 10.2. The third-order valence-electron chi connectivity index (χ3n) is 3.14. The van der Waals surface area contributed by atoms with E-state index in [1.54, 1.807) is 0 Å². The Labute approximate surface area is 116 Å². The number of nitrogens with one attached hydrogen (secondary N) is 1. The predicted octanol–water partition coefficient (Wildman–Crippen LogP) is 1.73. The minimum Gasteiger partial charge on any atom is -0.326 e. The molecule has 5 heteroatoms. The molecule has 1 heterocycles. The highest BCUT2D eigenvalue weighted by Gasteiger charge is 2.21. The molecule has 1 unspecified atom stereocenters. The van der Waals surface area contributed by atoms with Crippen molar-refractivity contribution in [3.05, 3.63) is 28.2 Å². The maximum atomic E-state index is 11.9. The molecule has 2 rings (SSSR count). The number of hydrogen-bond donors (Lipinski definition) is 2. The summed E-state index contributed by atoms with van der Waals surface area (Å²) >= 11 is 3.41. The molecule has 4 nitrogen and oxygen atoms in total. The fourth-order valence-corrected chi connectivity index (χ4v) is 2.64. The standard InChI is InChI=1S/C13H18BrN3O/c1-9-6-10(14)2-3-12(9)16-13(18)8-17-5-4-11(15)7-17/h2-3,6,11H,4-5,7-8,15H2,1H3,(H,16,18). The first-order valence-corrected chi connectivity index (χ1v) is 6.88. The van der Waals surface area contributed by atoms with E-state index in [0.29, 0.717) is 6.54 Å². The van der Waals surface area contributed by atoms with Gasteiger partial charge in [0.1, 0.15) is 0 Å². The number of carbonyl (C=O) groups excluding carboxylic acids is 1. The normalized spacial score (nSPS) is 20.1. The summed E-state index contributed by atoms with van der Waals surface area (Å²) in [6.07, 6.45) is 0.977. The summed E-state index contributed by atoms with van der Waals surface area (Å²) in [4.78, 5) is 14.0. The van der Waals surface area contributed by atoms with Crippen LogP contribution in [0.3, 0.4) is 0 Å². The Bertz CT molecular complexity index is 450. The minimum absolute atomic E-state index is 0.0227. The molecule has 1 aliphatic rings. The number of nitrogens with two attached hydrogens (primary N) is 1. The average Bonchev–Trinajstić information content (AvgIpc) is 2.68. The van der Waals surface area contributed by atoms with Crippen molar-refractivity contribution in [2.75, 3.05) is 25.0 Å². The molecule has 18 heavy (non-hydrogen) atoms. The smallest absolute Gasteiger partial charge is 0.238 e. The lowest BCUT2D eigenvalue weighted by Gasteiger charge is -2.15. The third kappa shape index (κ3) is 3.54. The summed E-state index contributed by atoms with van der Waals surface area (Å²) in [5.41, 5.74) is 7.73. The van der Waals surface area contributed by atoms with Crippen LogP contribution in [0, 0.1) is 6.92 Å². The number of rotatable bonds is 3. The first-order chi connectivity index (χ1) is 8.54. The van der Waals surface area contributed by atoms with Gasteiger partial charge in [-0.25, -0.2) is 0 Å². The third-order valence-corrected chi connectivity index (χ3v) is 3.63. The quantitative estimate of drug-likeness (QED) is 0.894. The highest BCUT2D eigenvalue weighted by molar-refractivity contribution is 9.10. The Kier molecular flexibility index (Phi) is 4.37. The van der Waals surface area contributed by atoms with E-state index >= 15 is 0 Å². The number of nitrogens with zero attached hydrogens (tertiary/aromatic N) is 1. The van der Waals surface area contributed by atoms with Crippen molar-refractivity contribution in [3.63, 3.8) is 0 Å². The SMILES string of the molecule is Cc1cc(Br)ccc1NC(=O)CN1CCC(N)C1. The first kappa shape index (κ1) is 13.5. The summed E-state index contributed by atoms with van der Waals surface area (Å²) in [6, 6.07) is 6.04. The van der Waals surface area contributed by atoms with Crippen LogP contribution >= 0.6 is 15.9 Å². The average molecular weight is 312 g/mol. The number of hydrogen-bond acceptors (Lipinski definition) is 3. The highest BCUT2D eigenvalue weighted by Crippen LogP contribution is 2.20. The van der Waals surface area contributed by atoms with Crippen molar-refractivity contribution in [2.24, 2.45) is 5.73 Å². The molecule has 0 spiro atoms. The van der Waals surface area contributed by atoms with Crippen molar-refractivity contribution >= 4 is 27.5 Å². The number of likely N-dealkylation sites (tertiary alicyclic amines) is 1. The number of anilines is 1. The molecule has 1 aliphatic heterocycles. The van der Waals surface area contributed by atoms with Gasteiger partial charge < -0.3 is 11.1 Å². The lowest BCUT2D eigenvalue weighted by molar-refractivity contribution is -0.117. The topological polar surface area (TPSA) is 58.4 Å². The van der Waals surface area contributed by atoms with Gasteiger partial charge in [-0.05, 0) is 37.1 Å². The molecule has 0 radical (unpaired) electrons. The molecule has 3 N–H and O–H groups in total. The maximum absolute atomic E-state index is 11.9. The molecule has 0 aliphatic carbocycles. The van der Waals surface area contributed by atoms with E-state index in [2.05, 4.69) is 26.1 Å². The number of halogens is 1. The van der Waals surface area contributed by atoms with Crippen LogP contribution in [0.2, 0.25) is 0 Å². The van der Waals surface area contributed by atoms with Crippen molar-refractivity contribution in [1.82, 2.24) is 4.90 Å². The van der Waals surface area contributed by atoms with Gasteiger partial charge in [0.15, 0.2) is 0 Å². The molecule has 98 valence electrons. The van der Waals surface area contributed by atoms with Crippen LogP contribution in [-0.2, 0) is 4.79 Å². The van der Waals surface area contributed by atoms with Crippen LogP contribution < -0.4 is 11.1 Å². The second kappa shape index (κ2) is 5.82. The van der Waals surface area contributed by atoms with Gasteiger partial charge in [-0.1, -0.05) is 15.9 Å². The van der Waals surface area contributed by atoms with Crippen molar-refractivity contribution < 1.29 is 4.79 Å². The molecule has 1 atom stereocenters. The van der Waals surface area contributed by atoms with E-state index in [1.807, 2.05) is 25.1 Å². The summed E-state index contributed by atoms with van der Waals surface area (Å²) in [5, 5.41) is 2.94. The molecule has 0 aromatic heterocycles. The van der Waals surface area contributed by atoms with Gasteiger partial charge in [-0.3, -0.25) is 9.69 Å². The predicted molar refractivity (Wildman–Crippen MR) is 76.5 cm³/mol. The van der Waals surface area contributed by atoms with Crippen molar-refractivity contribution in [1.29, 1.82) is 0 Å². The number of benzene rings is 1. The molecule has 1 aromatic carbocycles. The Morgan fingerprint density at radius 1 is 1.61 bits per heavy atom. The van der Waals surface area contributed by atoms with E-state index < -0.39 is 0 Å². The van der Waals surface area contributed by atoms with Crippen LogP contribution in [0.25, 0.3) is 0 Å². The van der Waals surface area contributed by atoms with Gasteiger partial charge in [0.2, 0.25) is 5.91 Å². The zero-order chi connectivity index (χ0) is 13.1. The first-order valence-electron chi connectivity index (χ1n) is 6.08. The van der Waals surface area contributed by atoms with Gasteiger partial charge in [0.05, 0.1) is 6.54 Å². The summed E-state index contributed by atoms with van der Waals surface area (Å²) in [7, 11) is 0. The summed E-state index contributed by atoms with van der Waals surface area (Å²) < 4.78 is 1.02. The highest BCUT2D eigenvalue weighted by atomic mass is 79.9. The van der Waals surface area contributed by atoms with Gasteiger partial charge in [-0.15, -0.1) is 0 Å². The fourth-order valence-electron chi connectivity index (χ4n) is 2.17. The van der Waals surface area contributed by atoms with E-state index in [0.717, 1.165) is 35.2 Å². The van der Waals surface area contributed by atoms with Gasteiger partial charge in [0.25, 0.3) is 0 Å². The van der Waals surface area contributed by atoms with E-state index in [-0.39, 0.29) is 11.9 Å². The lowest BCUT2D eigenvalue weighted by Crippen LogP contribution is -2.33. The number of aryl methyl sites for hydroxylation is 1. The van der Waals surface area contributed by atoms with E-state index in [9.17, 15) is 4.79 Å². The molecule has 1 fully saturated rings. The number of carbonyl (C=O) groups is 1. The molecular formula is C13H18BrN3O. The van der Waals surface area contributed by atoms with Crippen LogP contribution in [0.1, 0.15) is 12.0 Å². The Balaban J connectivity index is 1.91. The second-order valence-corrected chi connectivity index (χ2v) is 5.71. The molecule has 1 saturated heterocycles. The Morgan fingerprint density at radius 2 is 2.39 bits per heavy atom. The van der Waals surface area contributed by atoms with Gasteiger partial charge in [-0.2, -0.15) is 0 Å². The molecule has 0 bridgehead atoms. The van der Waals surface area contributed by atoms with Crippen molar-refractivity contribution in [3.8, 4) is 0 Å². The second-order valence-electron chi connectivity index (χ2n) is 4.79. The molecule has 0 saturated carbocycles. The molecule has 1 amide bonds. The fraction of sp³-hybridized carbons (Fsp3) is 0.462. The monoisotopic (exact) mass is 311 g/mol. The minimum atomic E-state index is 0.0227. The Morgan fingerprint density at radius 3 is 3.00 bits per heavy atom. The van der Waals surface area contributed by atoms with E-state index in [4.69, 9.17) is 5.73 Å². The number of amides is 1. The van der Waals surface area contributed by atoms with Gasteiger partial charge in [0, 0.05) is 29.3 Å². The zero-order valence-corrected chi connectivity index (χ0v) is 12.0. The van der Waals surface area contributed by atoms with Crippen LogP contribution in [-0.4, -0.2) is 36.5 Å². The summed E-state index contributed by atoms with van der Waals surface area (Å²) in [6.45, 7) is 4.12. The summed E-state index contributed by atoms with van der Waals surface area (Å²) in [5.74, 6) is 0.0227. The molecule has 1 aromatic rings. The zero-order valence-electron chi connectivity index (χ0n) is 10.4.